The van der Waals surface area contributed by atoms with E-state index in [9.17, 15) is 9.90 Å². The van der Waals surface area contributed by atoms with Crippen LogP contribution in [0.3, 0.4) is 0 Å². The van der Waals surface area contributed by atoms with Crippen molar-refractivity contribution < 1.29 is 19.4 Å². The summed E-state index contributed by atoms with van der Waals surface area (Å²) in [6.07, 6.45) is 4.01. The molecule has 1 saturated heterocycles. The van der Waals surface area contributed by atoms with E-state index in [1.807, 2.05) is 6.07 Å². The monoisotopic (exact) mass is 325 g/mol. The molecule has 5 nitrogen and oxygen atoms in total. The lowest BCUT2D eigenvalue weighted by atomic mass is 9.95. The fraction of sp³-hybridized carbons (Fsp3) is 0.562. The highest BCUT2D eigenvalue weighted by Gasteiger charge is 2.33. The predicted octanol–water partition coefficient (Wildman–Crippen LogP) is 3.02. The molecule has 1 aromatic rings. The molecule has 6 heteroatoms. The third-order valence-electron chi connectivity index (χ3n) is 4.46. The van der Waals surface area contributed by atoms with Crippen molar-refractivity contribution in [3.05, 3.63) is 22.7 Å². The molecular weight excluding hydrogens is 306 g/mol. The number of hydrogen-bond acceptors (Lipinski definition) is 4. The highest BCUT2D eigenvalue weighted by molar-refractivity contribution is 6.30. The summed E-state index contributed by atoms with van der Waals surface area (Å²) in [7, 11) is 1.59. The first kappa shape index (κ1) is 15.4. The molecule has 2 aliphatic rings. The van der Waals surface area contributed by atoms with Crippen LogP contribution in [-0.2, 0) is 4.79 Å². The molecule has 1 saturated carbocycles. The molecule has 1 aromatic carbocycles. The number of hydrogen-bond donors (Lipinski definition) is 2. The highest BCUT2D eigenvalue weighted by Crippen LogP contribution is 2.43. The van der Waals surface area contributed by atoms with Crippen LogP contribution in [0, 0.1) is 5.92 Å². The normalized spacial score (nSPS) is 24.8. The second-order valence-electron chi connectivity index (χ2n) is 5.93. The summed E-state index contributed by atoms with van der Waals surface area (Å²) in [5.74, 6) is 0.145. The third kappa shape index (κ3) is 3.01. The number of benzene rings is 1. The molecule has 1 aliphatic carbocycles. The van der Waals surface area contributed by atoms with Gasteiger partial charge in [0.15, 0.2) is 11.5 Å². The van der Waals surface area contributed by atoms with Gasteiger partial charge in [0.25, 0.3) is 0 Å². The Hall–Kier alpha value is -1.46. The molecule has 0 aromatic heterocycles. The lowest BCUT2D eigenvalue weighted by Gasteiger charge is -2.29. The van der Waals surface area contributed by atoms with Gasteiger partial charge in [-0.25, -0.2) is 0 Å². The Morgan fingerprint density at radius 2 is 2.18 bits per heavy atom. The van der Waals surface area contributed by atoms with Gasteiger partial charge in [-0.1, -0.05) is 11.6 Å². The summed E-state index contributed by atoms with van der Waals surface area (Å²) in [5.41, 5.74) is 0.889. The van der Waals surface area contributed by atoms with Crippen LogP contribution >= 0.6 is 11.6 Å². The predicted molar refractivity (Wildman–Crippen MR) is 82.8 cm³/mol. The number of halogens is 1. The summed E-state index contributed by atoms with van der Waals surface area (Å²) in [4.78, 5) is 11.2. The van der Waals surface area contributed by atoms with Gasteiger partial charge in [-0.05, 0) is 31.7 Å². The Morgan fingerprint density at radius 1 is 1.41 bits per heavy atom. The minimum Gasteiger partial charge on any atom is -0.493 e. The minimum absolute atomic E-state index is 0.0798. The molecule has 0 amide bonds. The molecule has 2 atom stereocenters. The van der Waals surface area contributed by atoms with Gasteiger partial charge in [0, 0.05) is 29.2 Å². The number of aliphatic carboxylic acids is 1. The van der Waals surface area contributed by atoms with Gasteiger partial charge in [-0.15, -0.1) is 0 Å². The quantitative estimate of drug-likeness (QED) is 0.871. The maximum absolute atomic E-state index is 11.2. The van der Waals surface area contributed by atoms with Crippen LogP contribution in [0.4, 0.5) is 0 Å². The summed E-state index contributed by atoms with van der Waals surface area (Å²) in [6, 6.07) is 3.51. The molecule has 0 spiro atoms. The van der Waals surface area contributed by atoms with Gasteiger partial charge in [0.1, 0.15) is 0 Å². The molecule has 1 aliphatic heterocycles. The first-order valence-electron chi connectivity index (χ1n) is 7.58. The van der Waals surface area contributed by atoms with Gasteiger partial charge in [0.2, 0.25) is 0 Å². The van der Waals surface area contributed by atoms with Crippen LogP contribution in [0.25, 0.3) is 0 Å². The van der Waals surface area contributed by atoms with Crippen molar-refractivity contribution in [2.24, 2.45) is 5.92 Å². The highest BCUT2D eigenvalue weighted by atomic mass is 35.5. The Balaban J connectivity index is 1.90. The van der Waals surface area contributed by atoms with Crippen LogP contribution < -0.4 is 14.8 Å². The fourth-order valence-corrected chi connectivity index (χ4v) is 3.16. The molecule has 2 N–H and O–H groups in total. The molecule has 0 radical (unpaired) electrons. The van der Waals surface area contributed by atoms with Crippen molar-refractivity contribution in [3.8, 4) is 11.5 Å². The molecule has 3 rings (SSSR count). The maximum Gasteiger partial charge on any atom is 0.307 e. The molecule has 2 unspecified atom stereocenters. The van der Waals surface area contributed by atoms with Gasteiger partial charge in [0.05, 0.1) is 19.1 Å². The Morgan fingerprint density at radius 3 is 2.73 bits per heavy atom. The van der Waals surface area contributed by atoms with E-state index >= 15 is 0 Å². The Bertz CT molecular complexity index is 574. The number of rotatable bonds is 5. The molecule has 120 valence electrons. The average Bonchev–Trinajstić information content (AvgIpc) is 2.92. The number of carboxylic acids is 1. The second kappa shape index (κ2) is 6.34. The Labute approximate surface area is 134 Å². The number of carbonyl (C=O) groups is 1. The summed E-state index contributed by atoms with van der Waals surface area (Å²) < 4.78 is 11.5. The van der Waals surface area contributed by atoms with Crippen molar-refractivity contribution in [2.75, 3.05) is 13.7 Å². The van der Waals surface area contributed by atoms with Crippen LogP contribution in [0.2, 0.25) is 5.02 Å². The SMILES string of the molecule is COc1cc(Cl)cc(C2CC(C(=O)O)CN2)c1OC1CCC1. The standard InChI is InChI=1S/C16H20ClNO4/c1-21-14-7-10(17)6-12(15(14)22-11-3-2-4-11)13-5-9(8-18-13)16(19)20/h6-7,9,11,13,18H,2-5,8H2,1H3,(H,19,20). The van der Waals surface area contributed by atoms with Crippen molar-refractivity contribution in [2.45, 2.75) is 37.8 Å². The molecular formula is C16H20ClNO4. The fourth-order valence-electron chi connectivity index (χ4n) is 2.94. The zero-order valence-corrected chi connectivity index (χ0v) is 13.2. The van der Waals surface area contributed by atoms with Crippen LogP contribution in [0.1, 0.15) is 37.3 Å². The van der Waals surface area contributed by atoms with Crippen molar-refractivity contribution >= 4 is 17.6 Å². The van der Waals surface area contributed by atoms with E-state index in [4.69, 9.17) is 21.1 Å². The number of nitrogens with one attached hydrogen (secondary N) is 1. The Kier molecular flexibility index (Phi) is 4.45. The summed E-state index contributed by atoms with van der Waals surface area (Å²) >= 11 is 6.18. The van der Waals surface area contributed by atoms with Gasteiger partial charge in [-0.2, -0.15) is 0 Å². The van der Waals surface area contributed by atoms with E-state index < -0.39 is 5.97 Å². The summed E-state index contributed by atoms with van der Waals surface area (Å²) in [5, 5.41) is 13.0. The zero-order valence-electron chi connectivity index (χ0n) is 12.5. The van der Waals surface area contributed by atoms with E-state index in [-0.39, 0.29) is 18.1 Å². The molecule has 22 heavy (non-hydrogen) atoms. The lowest BCUT2D eigenvalue weighted by molar-refractivity contribution is -0.141. The molecule has 0 bridgehead atoms. The van der Waals surface area contributed by atoms with Crippen LogP contribution in [0.15, 0.2) is 12.1 Å². The van der Waals surface area contributed by atoms with E-state index in [1.165, 1.54) is 6.42 Å². The largest absolute Gasteiger partial charge is 0.493 e. The first-order chi connectivity index (χ1) is 10.6. The minimum atomic E-state index is -0.773. The number of methoxy groups -OCH3 is 1. The summed E-state index contributed by atoms with van der Waals surface area (Å²) in [6.45, 7) is 0.456. The van der Waals surface area contributed by atoms with Crippen molar-refractivity contribution in [3.63, 3.8) is 0 Å². The van der Waals surface area contributed by atoms with Crippen molar-refractivity contribution in [1.29, 1.82) is 0 Å². The van der Waals surface area contributed by atoms with Crippen LogP contribution in [0.5, 0.6) is 11.5 Å². The van der Waals surface area contributed by atoms with Crippen molar-refractivity contribution in [1.82, 2.24) is 5.32 Å². The van der Waals surface area contributed by atoms with Crippen LogP contribution in [-0.4, -0.2) is 30.8 Å². The van der Waals surface area contributed by atoms with Gasteiger partial charge >= 0.3 is 5.97 Å². The number of ether oxygens (including phenoxy) is 2. The maximum atomic E-state index is 11.2. The zero-order chi connectivity index (χ0) is 15.7. The van der Waals surface area contributed by atoms with Gasteiger partial charge in [-0.3, -0.25) is 4.79 Å². The lowest BCUT2D eigenvalue weighted by Crippen LogP contribution is -2.26. The van der Waals surface area contributed by atoms with Gasteiger partial charge < -0.3 is 19.9 Å². The molecule has 1 heterocycles. The van der Waals surface area contributed by atoms with E-state index in [2.05, 4.69) is 5.32 Å². The average molecular weight is 326 g/mol. The topological polar surface area (TPSA) is 67.8 Å². The van der Waals surface area contributed by atoms with E-state index in [0.29, 0.717) is 29.5 Å². The first-order valence-corrected chi connectivity index (χ1v) is 7.96. The van der Waals surface area contributed by atoms with E-state index in [1.54, 1.807) is 13.2 Å². The van der Waals surface area contributed by atoms with E-state index in [0.717, 1.165) is 18.4 Å². The number of carboxylic acid groups (broad SMARTS) is 1. The molecule has 2 fully saturated rings. The second-order valence-corrected chi connectivity index (χ2v) is 6.37. The smallest absolute Gasteiger partial charge is 0.307 e. The third-order valence-corrected chi connectivity index (χ3v) is 4.68.